The quantitative estimate of drug-likeness (QED) is 0.504. The van der Waals surface area contributed by atoms with Gasteiger partial charge in [-0.3, -0.25) is 5.41 Å². The molecule has 0 aliphatic heterocycles. The Morgan fingerprint density at radius 3 is 2.50 bits per heavy atom. The lowest BCUT2D eigenvalue weighted by atomic mass is 9.86. The van der Waals surface area contributed by atoms with Crippen LogP contribution in [0.15, 0.2) is 0 Å². The Balaban J connectivity index is 2.16. The summed E-state index contributed by atoms with van der Waals surface area (Å²) in [6.45, 7) is 5.24. The fourth-order valence-corrected chi connectivity index (χ4v) is 1.60. The fourth-order valence-electron chi connectivity index (χ4n) is 1.60. The normalized spacial score (nSPS) is 17.4. The lowest BCUT2D eigenvalue weighted by molar-refractivity contribution is 0.298. The third kappa shape index (κ3) is 3.29. The summed E-state index contributed by atoms with van der Waals surface area (Å²) in [4.78, 5) is 2.43. The molecule has 0 atom stereocenters. The van der Waals surface area contributed by atoms with Gasteiger partial charge in [0.1, 0.15) is 0 Å². The summed E-state index contributed by atoms with van der Waals surface area (Å²) in [5.74, 6) is 0.312. The summed E-state index contributed by atoms with van der Waals surface area (Å²) < 4.78 is 0. The highest BCUT2D eigenvalue weighted by Crippen LogP contribution is 2.27. The molecule has 3 nitrogen and oxygen atoms in total. The zero-order valence-electron chi connectivity index (χ0n) is 9.64. The van der Waals surface area contributed by atoms with Crippen molar-refractivity contribution in [3.8, 4) is 0 Å². The highest BCUT2D eigenvalue weighted by atomic mass is 15.1. The van der Waals surface area contributed by atoms with Gasteiger partial charge in [0, 0.05) is 11.5 Å². The molecule has 0 spiro atoms. The van der Waals surface area contributed by atoms with Crippen molar-refractivity contribution in [2.24, 2.45) is 11.1 Å². The van der Waals surface area contributed by atoms with Gasteiger partial charge in [0.15, 0.2) is 0 Å². The lowest BCUT2D eigenvalue weighted by Gasteiger charge is -2.24. The van der Waals surface area contributed by atoms with Gasteiger partial charge in [-0.1, -0.05) is 13.8 Å². The van der Waals surface area contributed by atoms with E-state index in [0.29, 0.717) is 5.84 Å². The van der Waals surface area contributed by atoms with E-state index in [1.807, 2.05) is 13.8 Å². The third-order valence-electron chi connectivity index (χ3n) is 3.21. The number of nitrogens with two attached hydrogens (primary N) is 1. The van der Waals surface area contributed by atoms with Crippen molar-refractivity contribution >= 4 is 5.84 Å². The molecule has 0 saturated heterocycles. The van der Waals surface area contributed by atoms with Gasteiger partial charge in [-0.05, 0) is 39.3 Å². The Hall–Kier alpha value is -0.570. The second-order valence-electron chi connectivity index (χ2n) is 5.11. The highest BCUT2D eigenvalue weighted by molar-refractivity contribution is 5.82. The van der Waals surface area contributed by atoms with Crippen molar-refractivity contribution in [2.45, 2.75) is 45.6 Å². The minimum atomic E-state index is -0.121. The molecule has 0 bridgehead atoms. The van der Waals surface area contributed by atoms with E-state index < -0.39 is 0 Å². The smallest absolute Gasteiger partial charge is 0.0963 e. The molecule has 1 fully saturated rings. The Bertz CT molecular complexity index is 207. The minimum absolute atomic E-state index is 0.121. The van der Waals surface area contributed by atoms with Gasteiger partial charge in [0.2, 0.25) is 0 Å². The second-order valence-corrected chi connectivity index (χ2v) is 5.11. The van der Waals surface area contributed by atoms with Crippen LogP contribution in [0.5, 0.6) is 0 Å². The third-order valence-corrected chi connectivity index (χ3v) is 3.21. The van der Waals surface area contributed by atoms with Gasteiger partial charge in [-0.2, -0.15) is 0 Å². The predicted octanol–water partition coefficient (Wildman–Crippen LogP) is 1.82. The molecule has 82 valence electrons. The molecule has 0 aromatic rings. The largest absolute Gasteiger partial charge is 0.387 e. The molecule has 0 radical (unpaired) electrons. The maximum atomic E-state index is 7.44. The molecule has 1 aliphatic carbocycles. The molecule has 14 heavy (non-hydrogen) atoms. The summed E-state index contributed by atoms with van der Waals surface area (Å²) in [6, 6.07) is 0.843. The SMILES string of the molecule is CN(CCCC(C)(C)C(=N)N)C1CC1. The molecule has 0 amide bonds. The van der Waals surface area contributed by atoms with Crippen LogP contribution in [0.25, 0.3) is 0 Å². The van der Waals surface area contributed by atoms with E-state index in [9.17, 15) is 0 Å². The molecular weight excluding hydrogens is 174 g/mol. The standard InChI is InChI=1S/C11H23N3/c1-11(2,10(12)13)7-4-8-14(3)9-5-6-9/h9H,4-8H2,1-3H3,(H3,12,13). The van der Waals surface area contributed by atoms with Crippen LogP contribution in [-0.2, 0) is 0 Å². The van der Waals surface area contributed by atoms with Gasteiger partial charge >= 0.3 is 0 Å². The number of hydrogen-bond donors (Lipinski definition) is 2. The van der Waals surface area contributed by atoms with E-state index in [0.717, 1.165) is 25.4 Å². The molecule has 1 aliphatic rings. The van der Waals surface area contributed by atoms with Crippen molar-refractivity contribution in [3.05, 3.63) is 0 Å². The molecule has 0 unspecified atom stereocenters. The highest BCUT2D eigenvalue weighted by Gasteiger charge is 2.26. The van der Waals surface area contributed by atoms with Crippen LogP contribution in [0, 0.1) is 10.8 Å². The van der Waals surface area contributed by atoms with Crippen molar-refractivity contribution in [3.63, 3.8) is 0 Å². The molecule has 0 heterocycles. The maximum absolute atomic E-state index is 7.44. The van der Waals surface area contributed by atoms with Gasteiger partial charge in [0.05, 0.1) is 5.84 Å². The van der Waals surface area contributed by atoms with Crippen LogP contribution in [0.2, 0.25) is 0 Å². The fraction of sp³-hybridized carbons (Fsp3) is 0.909. The van der Waals surface area contributed by atoms with E-state index in [-0.39, 0.29) is 5.41 Å². The van der Waals surface area contributed by atoms with Crippen LogP contribution < -0.4 is 5.73 Å². The van der Waals surface area contributed by atoms with Crippen molar-refractivity contribution in [2.75, 3.05) is 13.6 Å². The Kier molecular flexibility index (Phi) is 3.53. The van der Waals surface area contributed by atoms with Gasteiger partial charge in [0.25, 0.3) is 0 Å². The van der Waals surface area contributed by atoms with Gasteiger partial charge in [-0.15, -0.1) is 0 Å². The zero-order valence-corrected chi connectivity index (χ0v) is 9.64. The van der Waals surface area contributed by atoms with Crippen LogP contribution in [-0.4, -0.2) is 30.4 Å². The second kappa shape index (κ2) is 4.30. The van der Waals surface area contributed by atoms with Crippen LogP contribution in [0.3, 0.4) is 0 Å². The molecule has 0 aromatic heterocycles. The first-order valence-electron chi connectivity index (χ1n) is 5.48. The first kappa shape index (κ1) is 11.5. The molecule has 3 N–H and O–H groups in total. The van der Waals surface area contributed by atoms with E-state index in [1.165, 1.54) is 12.8 Å². The van der Waals surface area contributed by atoms with Crippen LogP contribution in [0.4, 0.5) is 0 Å². The molecule has 1 rings (SSSR count). The number of rotatable bonds is 6. The summed E-state index contributed by atoms with van der Waals surface area (Å²) in [5.41, 5.74) is 5.41. The minimum Gasteiger partial charge on any atom is -0.387 e. The monoisotopic (exact) mass is 197 g/mol. The van der Waals surface area contributed by atoms with Crippen LogP contribution in [0.1, 0.15) is 39.5 Å². The predicted molar refractivity (Wildman–Crippen MR) is 60.6 cm³/mol. The lowest BCUT2D eigenvalue weighted by Crippen LogP contribution is -2.32. The first-order chi connectivity index (χ1) is 6.43. The van der Waals surface area contributed by atoms with E-state index in [2.05, 4.69) is 11.9 Å². The van der Waals surface area contributed by atoms with E-state index >= 15 is 0 Å². The Morgan fingerprint density at radius 1 is 1.50 bits per heavy atom. The maximum Gasteiger partial charge on any atom is 0.0963 e. The van der Waals surface area contributed by atoms with E-state index in [4.69, 9.17) is 11.1 Å². The number of hydrogen-bond acceptors (Lipinski definition) is 2. The average Bonchev–Trinajstić information content (AvgIpc) is 2.85. The van der Waals surface area contributed by atoms with Crippen molar-refractivity contribution < 1.29 is 0 Å². The Morgan fingerprint density at radius 2 is 2.07 bits per heavy atom. The molecule has 0 aromatic carbocycles. The van der Waals surface area contributed by atoms with E-state index in [1.54, 1.807) is 0 Å². The van der Waals surface area contributed by atoms with Crippen molar-refractivity contribution in [1.82, 2.24) is 4.90 Å². The summed E-state index contributed by atoms with van der Waals surface area (Å²) in [5, 5.41) is 7.44. The van der Waals surface area contributed by atoms with Crippen molar-refractivity contribution in [1.29, 1.82) is 5.41 Å². The number of nitrogens with zero attached hydrogens (tertiary/aromatic N) is 1. The molecule has 3 heteroatoms. The summed E-state index contributed by atoms with van der Waals surface area (Å²) in [7, 11) is 2.19. The van der Waals surface area contributed by atoms with Crippen LogP contribution >= 0.6 is 0 Å². The zero-order chi connectivity index (χ0) is 10.8. The summed E-state index contributed by atoms with van der Waals surface area (Å²) in [6.07, 6.45) is 4.89. The number of amidine groups is 1. The summed E-state index contributed by atoms with van der Waals surface area (Å²) >= 11 is 0. The first-order valence-corrected chi connectivity index (χ1v) is 5.48. The number of nitrogens with one attached hydrogen (secondary N) is 1. The van der Waals surface area contributed by atoms with Gasteiger partial charge in [-0.25, -0.2) is 0 Å². The van der Waals surface area contributed by atoms with Gasteiger partial charge < -0.3 is 10.6 Å². The Labute approximate surface area is 87.2 Å². The molecular formula is C11H23N3. The topological polar surface area (TPSA) is 53.1 Å². The average molecular weight is 197 g/mol. The molecule has 1 saturated carbocycles.